The number of carbonyl (C=O) groups is 1. The van der Waals surface area contributed by atoms with Gasteiger partial charge in [-0.3, -0.25) is 0 Å². The second kappa shape index (κ2) is 9.16. The summed E-state index contributed by atoms with van der Waals surface area (Å²) in [5.41, 5.74) is -0.519. The highest BCUT2D eigenvalue weighted by Gasteiger charge is 2.21. The average Bonchev–Trinajstić information content (AvgIpc) is 2.31. The number of nitriles is 1. The van der Waals surface area contributed by atoms with E-state index in [1.807, 2.05) is 39.8 Å². The molecule has 0 aromatic rings. The molecule has 0 aromatic carbocycles. The van der Waals surface area contributed by atoms with Crippen molar-refractivity contribution >= 4 is 6.09 Å². The van der Waals surface area contributed by atoms with Crippen LogP contribution in [0.15, 0.2) is 24.3 Å². The fraction of sp³-hybridized carbons (Fsp3) is 0.600. The first kappa shape index (κ1) is 18.2. The molecule has 0 saturated heterocycles. The van der Waals surface area contributed by atoms with Crippen molar-refractivity contribution in [3.63, 3.8) is 0 Å². The minimum Gasteiger partial charge on any atom is -0.444 e. The molecule has 2 atom stereocenters. The molecule has 0 aliphatic heterocycles. The second-order valence-corrected chi connectivity index (χ2v) is 5.36. The Morgan fingerprint density at radius 2 is 2.05 bits per heavy atom. The van der Waals surface area contributed by atoms with E-state index in [-0.39, 0.29) is 12.1 Å². The Morgan fingerprint density at radius 3 is 2.55 bits per heavy atom. The number of hydrogen-bond acceptors (Lipinski definition) is 4. The SMILES string of the molecule is CO[C@@H](C/C=C/C=C/C#N)[C@@H](C)NC(=O)OC(C)(C)C. The summed E-state index contributed by atoms with van der Waals surface area (Å²) in [5.74, 6) is 0. The Morgan fingerprint density at radius 1 is 1.40 bits per heavy atom. The van der Waals surface area contributed by atoms with Gasteiger partial charge in [0.2, 0.25) is 0 Å². The lowest BCUT2D eigenvalue weighted by Gasteiger charge is -2.25. The largest absolute Gasteiger partial charge is 0.444 e. The molecular formula is C15H24N2O3. The maximum atomic E-state index is 11.7. The third-order valence-corrected chi connectivity index (χ3v) is 2.39. The number of ether oxygens (including phenoxy) is 2. The van der Waals surface area contributed by atoms with Gasteiger partial charge in [-0.2, -0.15) is 5.26 Å². The molecule has 0 saturated carbocycles. The van der Waals surface area contributed by atoms with Crippen LogP contribution >= 0.6 is 0 Å². The maximum Gasteiger partial charge on any atom is 0.407 e. The van der Waals surface area contributed by atoms with Gasteiger partial charge in [-0.15, -0.1) is 0 Å². The molecule has 1 N–H and O–H groups in total. The van der Waals surface area contributed by atoms with Crippen LogP contribution in [0.4, 0.5) is 4.79 Å². The monoisotopic (exact) mass is 280 g/mol. The molecule has 0 spiro atoms. The lowest BCUT2D eigenvalue weighted by molar-refractivity contribution is 0.0365. The molecule has 5 heteroatoms. The van der Waals surface area contributed by atoms with Crippen LogP contribution in [0.25, 0.3) is 0 Å². The lowest BCUT2D eigenvalue weighted by Crippen LogP contribution is -2.44. The Hall–Kier alpha value is -1.80. The Bertz CT molecular complexity index is 389. The standard InChI is InChI=1S/C15H24N2O3/c1-12(17-14(18)20-15(2,3)4)13(19-5)10-8-6-7-9-11-16/h6-9,12-13H,10H2,1-5H3,(H,17,18)/b8-6+,9-7+/t12-,13+/m1/s1. The van der Waals surface area contributed by atoms with Gasteiger partial charge in [-0.1, -0.05) is 18.2 Å². The predicted molar refractivity (Wildman–Crippen MR) is 78.1 cm³/mol. The van der Waals surface area contributed by atoms with Crippen molar-refractivity contribution in [3.05, 3.63) is 24.3 Å². The van der Waals surface area contributed by atoms with Gasteiger partial charge in [-0.05, 0) is 34.1 Å². The van der Waals surface area contributed by atoms with Crippen molar-refractivity contribution in [1.29, 1.82) is 5.26 Å². The summed E-state index contributed by atoms with van der Waals surface area (Å²) in [4.78, 5) is 11.7. The summed E-state index contributed by atoms with van der Waals surface area (Å²) in [7, 11) is 1.59. The molecule has 0 aliphatic rings. The summed E-state index contributed by atoms with van der Waals surface area (Å²) in [6.45, 7) is 7.30. The first-order valence-electron chi connectivity index (χ1n) is 6.53. The van der Waals surface area contributed by atoms with E-state index in [0.717, 1.165) is 0 Å². The van der Waals surface area contributed by atoms with Crippen LogP contribution in [0.5, 0.6) is 0 Å². The summed E-state index contributed by atoms with van der Waals surface area (Å²) in [5, 5.41) is 11.1. The zero-order valence-electron chi connectivity index (χ0n) is 12.8. The number of nitrogens with one attached hydrogen (secondary N) is 1. The highest BCUT2D eigenvalue weighted by atomic mass is 16.6. The van der Waals surface area contributed by atoms with E-state index >= 15 is 0 Å². The summed E-state index contributed by atoms with van der Waals surface area (Å²) < 4.78 is 10.5. The van der Waals surface area contributed by atoms with E-state index in [2.05, 4.69) is 5.32 Å². The predicted octanol–water partition coefficient (Wildman–Crippen LogP) is 2.94. The zero-order valence-corrected chi connectivity index (χ0v) is 12.8. The van der Waals surface area contributed by atoms with E-state index < -0.39 is 11.7 Å². The van der Waals surface area contributed by atoms with Gasteiger partial charge < -0.3 is 14.8 Å². The number of methoxy groups -OCH3 is 1. The molecular weight excluding hydrogens is 256 g/mol. The quantitative estimate of drug-likeness (QED) is 0.600. The van der Waals surface area contributed by atoms with Gasteiger partial charge in [0.15, 0.2) is 0 Å². The molecule has 112 valence electrons. The van der Waals surface area contributed by atoms with Crippen molar-refractivity contribution in [2.75, 3.05) is 7.11 Å². The van der Waals surface area contributed by atoms with Crippen LogP contribution in [0.3, 0.4) is 0 Å². The number of alkyl carbamates (subject to hydrolysis) is 1. The maximum absolute atomic E-state index is 11.7. The van der Waals surface area contributed by atoms with E-state index in [9.17, 15) is 4.79 Å². The normalized spacial score (nSPS) is 15.0. The van der Waals surface area contributed by atoms with Crippen LogP contribution in [0.1, 0.15) is 34.1 Å². The smallest absolute Gasteiger partial charge is 0.407 e. The van der Waals surface area contributed by atoms with Gasteiger partial charge >= 0.3 is 6.09 Å². The van der Waals surface area contributed by atoms with E-state index in [1.54, 1.807) is 19.3 Å². The molecule has 0 rings (SSSR count). The fourth-order valence-corrected chi connectivity index (χ4v) is 1.48. The number of carbonyl (C=O) groups excluding carboxylic acids is 1. The van der Waals surface area contributed by atoms with Crippen molar-refractivity contribution in [2.24, 2.45) is 0 Å². The molecule has 0 bridgehead atoms. The highest BCUT2D eigenvalue weighted by Crippen LogP contribution is 2.09. The Labute approximate surface area is 121 Å². The minimum absolute atomic E-state index is 0.158. The van der Waals surface area contributed by atoms with Crippen molar-refractivity contribution < 1.29 is 14.3 Å². The molecule has 20 heavy (non-hydrogen) atoms. The molecule has 0 heterocycles. The minimum atomic E-state index is -0.519. The lowest BCUT2D eigenvalue weighted by atomic mass is 10.1. The van der Waals surface area contributed by atoms with Crippen LogP contribution in [-0.2, 0) is 9.47 Å². The van der Waals surface area contributed by atoms with Gasteiger partial charge in [0.25, 0.3) is 0 Å². The van der Waals surface area contributed by atoms with Crippen LogP contribution < -0.4 is 5.32 Å². The van der Waals surface area contributed by atoms with E-state index in [4.69, 9.17) is 14.7 Å². The molecule has 0 aromatic heterocycles. The van der Waals surface area contributed by atoms with E-state index in [1.165, 1.54) is 6.08 Å². The number of rotatable bonds is 6. The molecule has 0 unspecified atom stereocenters. The Kier molecular flexibility index (Phi) is 8.33. The summed E-state index contributed by atoms with van der Waals surface area (Å²) in [6.07, 6.45) is 6.71. The second-order valence-electron chi connectivity index (χ2n) is 5.36. The van der Waals surface area contributed by atoms with Gasteiger partial charge in [0.1, 0.15) is 5.60 Å². The van der Waals surface area contributed by atoms with Crippen molar-refractivity contribution in [3.8, 4) is 6.07 Å². The number of hydrogen-bond donors (Lipinski definition) is 1. The van der Waals surface area contributed by atoms with Crippen LogP contribution in [-0.4, -0.2) is 30.9 Å². The average molecular weight is 280 g/mol. The summed E-state index contributed by atoms with van der Waals surface area (Å²) >= 11 is 0. The zero-order chi connectivity index (χ0) is 15.6. The number of allylic oxidation sites excluding steroid dienone is 3. The molecule has 0 radical (unpaired) electrons. The van der Waals surface area contributed by atoms with Gasteiger partial charge in [0, 0.05) is 13.2 Å². The third kappa shape index (κ3) is 9.17. The fourth-order valence-electron chi connectivity index (χ4n) is 1.48. The topological polar surface area (TPSA) is 71.3 Å². The van der Waals surface area contributed by atoms with Gasteiger partial charge in [-0.25, -0.2) is 4.79 Å². The molecule has 0 fully saturated rings. The van der Waals surface area contributed by atoms with Crippen LogP contribution in [0, 0.1) is 11.3 Å². The molecule has 5 nitrogen and oxygen atoms in total. The van der Waals surface area contributed by atoms with Crippen LogP contribution in [0.2, 0.25) is 0 Å². The molecule has 0 aliphatic carbocycles. The number of amides is 1. The first-order chi connectivity index (χ1) is 9.30. The van der Waals surface area contributed by atoms with Crippen molar-refractivity contribution in [2.45, 2.75) is 51.9 Å². The van der Waals surface area contributed by atoms with E-state index in [0.29, 0.717) is 6.42 Å². The third-order valence-electron chi connectivity index (χ3n) is 2.39. The summed E-state index contributed by atoms with van der Waals surface area (Å²) in [6, 6.07) is 1.72. The van der Waals surface area contributed by atoms with Gasteiger partial charge in [0.05, 0.1) is 18.2 Å². The highest BCUT2D eigenvalue weighted by molar-refractivity contribution is 5.68. The van der Waals surface area contributed by atoms with Crippen molar-refractivity contribution in [1.82, 2.24) is 5.32 Å². The number of nitrogens with zero attached hydrogens (tertiary/aromatic N) is 1. The molecule has 1 amide bonds. The first-order valence-corrected chi connectivity index (χ1v) is 6.53. The Balaban J connectivity index is 4.30.